The Bertz CT molecular complexity index is 551. The number of rotatable bonds is 5. The lowest BCUT2D eigenvalue weighted by atomic mass is 10.1. The van der Waals surface area contributed by atoms with Crippen molar-refractivity contribution in [2.45, 2.75) is 26.5 Å². The Morgan fingerprint density at radius 2 is 2.21 bits per heavy atom. The molecule has 1 N–H and O–H groups in total. The first kappa shape index (κ1) is 14.2. The molecular formula is C15H20N2OS. The number of hydrogen-bond acceptors (Lipinski definition) is 4. The Morgan fingerprint density at radius 1 is 1.42 bits per heavy atom. The summed E-state index contributed by atoms with van der Waals surface area (Å²) in [6.45, 7) is 4.87. The lowest BCUT2D eigenvalue weighted by Crippen LogP contribution is -2.11. The number of ether oxygens (including phenoxy) is 1. The average molecular weight is 276 g/mol. The van der Waals surface area contributed by atoms with Gasteiger partial charge >= 0.3 is 0 Å². The Hall–Kier alpha value is -1.23. The summed E-state index contributed by atoms with van der Waals surface area (Å²) >= 11 is 1.76. The van der Waals surface area contributed by atoms with Gasteiger partial charge in [0, 0.05) is 23.6 Å². The van der Waals surface area contributed by atoms with Gasteiger partial charge in [-0.3, -0.25) is 0 Å². The standard InChI is InChI=1S/C15H20N2OS/c1-10(16-3)14-11(2)17-15(19-14)13-7-5-6-12(8-13)9-18-4/h5-8,10,16H,9H2,1-4H3. The first-order chi connectivity index (χ1) is 9.15. The largest absolute Gasteiger partial charge is 0.380 e. The number of hydrogen-bond donors (Lipinski definition) is 1. The molecule has 1 heterocycles. The van der Waals surface area contributed by atoms with Crippen LogP contribution in [0.25, 0.3) is 10.6 Å². The van der Waals surface area contributed by atoms with E-state index >= 15 is 0 Å². The fraction of sp³-hybridized carbons (Fsp3) is 0.400. The number of aryl methyl sites for hydroxylation is 1. The minimum absolute atomic E-state index is 0.341. The van der Waals surface area contributed by atoms with Crippen molar-refractivity contribution in [1.82, 2.24) is 10.3 Å². The van der Waals surface area contributed by atoms with Crippen molar-refractivity contribution in [3.63, 3.8) is 0 Å². The molecule has 0 saturated carbocycles. The molecule has 102 valence electrons. The highest BCUT2D eigenvalue weighted by atomic mass is 32.1. The van der Waals surface area contributed by atoms with Crippen LogP contribution in [-0.4, -0.2) is 19.1 Å². The van der Waals surface area contributed by atoms with Crippen molar-refractivity contribution >= 4 is 11.3 Å². The summed E-state index contributed by atoms with van der Waals surface area (Å²) in [5.41, 5.74) is 3.45. The first-order valence-electron chi connectivity index (χ1n) is 6.38. The third-order valence-electron chi connectivity index (χ3n) is 3.14. The summed E-state index contributed by atoms with van der Waals surface area (Å²) in [6.07, 6.45) is 0. The van der Waals surface area contributed by atoms with Crippen LogP contribution >= 0.6 is 11.3 Å². The minimum Gasteiger partial charge on any atom is -0.380 e. The van der Waals surface area contributed by atoms with Crippen molar-refractivity contribution in [3.05, 3.63) is 40.4 Å². The van der Waals surface area contributed by atoms with Gasteiger partial charge in [-0.2, -0.15) is 0 Å². The van der Waals surface area contributed by atoms with E-state index in [2.05, 4.69) is 48.4 Å². The summed E-state index contributed by atoms with van der Waals surface area (Å²) in [6, 6.07) is 8.72. The van der Waals surface area contributed by atoms with Crippen LogP contribution in [0.2, 0.25) is 0 Å². The van der Waals surface area contributed by atoms with E-state index in [1.54, 1.807) is 18.4 Å². The highest BCUT2D eigenvalue weighted by Crippen LogP contribution is 2.31. The molecule has 2 aromatic rings. The van der Waals surface area contributed by atoms with Crippen molar-refractivity contribution in [2.24, 2.45) is 0 Å². The summed E-state index contributed by atoms with van der Waals surface area (Å²) in [4.78, 5) is 5.99. The van der Waals surface area contributed by atoms with E-state index in [1.807, 2.05) is 7.05 Å². The van der Waals surface area contributed by atoms with Crippen molar-refractivity contribution in [3.8, 4) is 10.6 Å². The predicted octanol–water partition coefficient (Wildman–Crippen LogP) is 3.55. The number of thiazole rings is 1. The molecule has 0 aliphatic rings. The van der Waals surface area contributed by atoms with E-state index < -0.39 is 0 Å². The maximum absolute atomic E-state index is 5.18. The average Bonchev–Trinajstić information content (AvgIpc) is 2.81. The Labute approximate surface area is 118 Å². The normalized spacial score (nSPS) is 12.6. The highest BCUT2D eigenvalue weighted by Gasteiger charge is 2.14. The lowest BCUT2D eigenvalue weighted by molar-refractivity contribution is 0.185. The van der Waals surface area contributed by atoms with Crippen molar-refractivity contribution in [1.29, 1.82) is 0 Å². The van der Waals surface area contributed by atoms with E-state index in [0.717, 1.165) is 16.3 Å². The second-order valence-electron chi connectivity index (χ2n) is 4.61. The lowest BCUT2D eigenvalue weighted by Gasteiger charge is -2.07. The third kappa shape index (κ3) is 3.21. The molecule has 1 aromatic carbocycles. The molecular weight excluding hydrogens is 256 g/mol. The molecule has 19 heavy (non-hydrogen) atoms. The van der Waals surface area contributed by atoms with E-state index in [9.17, 15) is 0 Å². The van der Waals surface area contributed by atoms with Crippen LogP contribution in [0.15, 0.2) is 24.3 Å². The quantitative estimate of drug-likeness (QED) is 0.907. The molecule has 1 unspecified atom stereocenters. The summed E-state index contributed by atoms with van der Waals surface area (Å²) in [5, 5.41) is 4.35. The number of benzene rings is 1. The summed E-state index contributed by atoms with van der Waals surface area (Å²) < 4.78 is 5.18. The van der Waals surface area contributed by atoms with Gasteiger partial charge in [-0.05, 0) is 32.5 Å². The zero-order valence-corrected chi connectivity index (χ0v) is 12.7. The van der Waals surface area contributed by atoms with Crippen LogP contribution in [0.1, 0.15) is 29.1 Å². The van der Waals surface area contributed by atoms with Crippen LogP contribution in [0.4, 0.5) is 0 Å². The van der Waals surface area contributed by atoms with Gasteiger partial charge in [-0.15, -0.1) is 11.3 Å². The first-order valence-corrected chi connectivity index (χ1v) is 7.20. The molecule has 0 aliphatic heterocycles. The maximum atomic E-state index is 5.18. The second-order valence-corrected chi connectivity index (χ2v) is 5.64. The molecule has 4 heteroatoms. The van der Waals surface area contributed by atoms with Crippen LogP contribution in [0.3, 0.4) is 0 Å². The van der Waals surface area contributed by atoms with E-state index in [4.69, 9.17) is 4.74 Å². The number of nitrogens with one attached hydrogen (secondary N) is 1. The van der Waals surface area contributed by atoms with Gasteiger partial charge in [0.1, 0.15) is 5.01 Å². The van der Waals surface area contributed by atoms with Crippen LogP contribution < -0.4 is 5.32 Å². The van der Waals surface area contributed by atoms with Gasteiger partial charge in [-0.1, -0.05) is 18.2 Å². The monoisotopic (exact) mass is 276 g/mol. The second kappa shape index (κ2) is 6.28. The minimum atomic E-state index is 0.341. The molecule has 0 fully saturated rings. The van der Waals surface area contributed by atoms with E-state index in [1.165, 1.54) is 10.4 Å². The molecule has 0 spiro atoms. The highest BCUT2D eigenvalue weighted by molar-refractivity contribution is 7.15. The van der Waals surface area contributed by atoms with Crippen LogP contribution in [0.5, 0.6) is 0 Å². The predicted molar refractivity (Wildman–Crippen MR) is 80.5 cm³/mol. The van der Waals surface area contributed by atoms with E-state index in [-0.39, 0.29) is 0 Å². The molecule has 1 atom stereocenters. The van der Waals surface area contributed by atoms with Gasteiger partial charge in [-0.25, -0.2) is 4.98 Å². The smallest absolute Gasteiger partial charge is 0.123 e. The summed E-state index contributed by atoms with van der Waals surface area (Å²) in [5.74, 6) is 0. The van der Waals surface area contributed by atoms with E-state index in [0.29, 0.717) is 12.6 Å². The Kier molecular flexibility index (Phi) is 4.69. The molecule has 2 rings (SSSR count). The van der Waals surface area contributed by atoms with Gasteiger partial charge in [0.2, 0.25) is 0 Å². The van der Waals surface area contributed by atoms with Gasteiger partial charge in [0.05, 0.1) is 12.3 Å². The van der Waals surface area contributed by atoms with Crippen LogP contribution in [-0.2, 0) is 11.3 Å². The van der Waals surface area contributed by atoms with Crippen LogP contribution in [0, 0.1) is 6.92 Å². The third-order valence-corrected chi connectivity index (χ3v) is 4.53. The molecule has 0 aliphatic carbocycles. The van der Waals surface area contributed by atoms with Crippen molar-refractivity contribution < 1.29 is 4.74 Å². The molecule has 0 radical (unpaired) electrons. The molecule has 3 nitrogen and oxygen atoms in total. The van der Waals surface area contributed by atoms with Gasteiger partial charge < -0.3 is 10.1 Å². The molecule has 0 bridgehead atoms. The molecule has 0 amide bonds. The Morgan fingerprint density at radius 3 is 2.89 bits per heavy atom. The molecule has 0 saturated heterocycles. The zero-order chi connectivity index (χ0) is 13.8. The fourth-order valence-corrected chi connectivity index (χ4v) is 3.15. The Balaban J connectivity index is 2.34. The summed E-state index contributed by atoms with van der Waals surface area (Å²) in [7, 11) is 3.69. The number of nitrogens with zero attached hydrogens (tertiary/aromatic N) is 1. The zero-order valence-electron chi connectivity index (χ0n) is 11.9. The topological polar surface area (TPSA) is 34.1 Å². The number of aromatic nitrogens is 1. The SMILES string of the molecule is CNC(C)c1sc(-c2cccc(COC)c2)nc1C. The number of methoxy groups -OCH3 is 1. The maximum Gasteiger partial charge on any atom is 0.123 e. The molecule has 1 aromatic heterocycles. The van der Waals surface area contributed by atoms with Gasteiger partial charge in [0.25, 0.3) is 0 Å². The van der Waals surface area contributed by atoms with Crippen molar-refractivity contribution in [2.75, 3.05) is 14.2 Å². The fourth-order valence-electron chi connectivity index (χ4n) is 2.03. The van der Waals surface area contributed by atoms with Gasteiger partial charge in [0.15, 0.2) is 0 Å².